The van der Waals surface area contributed by atoms with Crippen LogP contribution in [0.2, 0.25) is 0 Å². The van der Waals surface area contributed by atoms with E-state index in [1.54, 1.807) is 0 Å². The van der Waals surface area contributed by atoms with Gasteiger partial charge in [0.1, 0.15) is 5.75 Å². The zero-order valence-corrected chi connectivity index (χ0v) is 10.5. The van der Waals surface area contributed by atoms with Crippen molar-refractivity contribution in [1.29, 1.82) is 0 Å². The van der Waals surface area contributed by atoms with Gasteiger partial charge in [-0.1, -0.05) is 0 Å². The first-order chi connectivity index (χ1) is 7.51. The Morgan fingerprint density at radius 2 is 2.25 bits per heavy atom. The molecular formula is C9H7BrClNO4. The predicted octanol–water partition coefficient (Wildman–Crippen LogP) is 2.79. The third-order valence-corrected chi connectivity index (χ3v) is 2.74. The van der Waals surface area contributed by atoms with Gasteiger partial charge in [-0.3, -0.25) is 14.9 Å². The van der Waals surface area contributed by atoms with E-state index >= 15 is 0 Å². The lowest BCUT2D eigenvalue weighted by Gasteiger charge is -2.08. The zero-order valence-electron chi connectivity index (χ0n) is 8.20. The van der Waals surface area contributed by atoms with Gasteiger partial charge < -0.3 is 4.74 Å². The number of nitrogens with zero attached hydrogens (tertiary/aromatic N) is 1. The molecule has 1 aromatic rings. The van der Waals surface area contributed by atoms with Crippen LogP contribution in [0.4, 0.5) is 5.69 Å². The molecule has 0 aliphatic rings. The molecule has 0 saturated carbocycles. The predicted molar refractivity (Wildman–Crippen MR) is 62.4 cm³/mol. The molecule has 7 heteroatoms. The van der Waals surface area contributed by atoms with Crippen LogP contribution in [-0.2, 0) is 0 Å². The molecular weight excluding hydrogens is 301 g/mol. The highest BCUT2D eigenvalue weighted by atomic mass is 79.9. The standard InChI is InChI=1S/C9H7BrClNO4/c1-16-8-3-5(12(14)15)2-6(10)9(8)7(13)4-11/h2-3H,4H2,1H3. The van der Waals surface area contributed by atoms with Crippen LogP contribution in [0, 0.1) is 10.1 Å². The lowest BCUT2D eigenvalue weighted by Crippen LogP contribution is -2.05. The molecule has 5 nitrogen and oxygen atoms in total. The minimum absolute atomic E-state index is 0.131. The molecule has 0 saturated heterocycles. The zero-order chi connectivity index (χ0) is 12.3. The maximum atomic E-state index is 11.5. The normalized spacial score (nSPS) is 9.94. The number of ketones is 1. The molecule has 0 heterocycles. The van der Waals surface area contributed by atoms with Crippen molar-refractivity contribution in [3.05, 3.63) is 32.3 Å². The van der Waals surface area contributed by atoms with E-state index in [9.17, 15) is 14.9 Å². The number of alkyl halides is 1. The van der Waals surface area contributed by atoms with Crippen molar-refractivity contribution >= 4 is 39.0 Å². The fourth-order valence-electron chi connectivity index (χ4n) is 1.17. The molecule has 0 unspecified atom stereocenters. The number of nitro benzene ring substituents is 1. The summed E-state index contributed by atoms with van der Waals surface area (Å²) in [4.78, 5) is 21.5. The Kier molecular flexibility index (Phi) is 4.26. The number of benzene rings is 1. The quantitative estimate of drug-likeness (QED) is 0.371. The first kappa shape index (κ1) is 12.9. The van der Waals surface area contributed by atoms with Gasteiger partial charge in [0.15, 0.2) is 5.78 Å². The van der Waals surface area contributed by atoms with Crippen molar-refractivity contribution in [2.75, 3.05) is 13.0 Å². The molecule has 0 amide bonds. The van der Waals surface area contributed by atoms with Crippen molar-refractivity contribution < 1.29 is 14.5 Å². The van der Waals surface area contributed by atoms with Gasteiger partial charge in [0.05, 0.1) is 29.5 Å². The van der Waals surface area contributed by atoms with Gasteiger partial charge in [-0.15, -0.1) is 11.6 Å². The number of non-ortho nitro benzene ring substituents is 1. The van der Waals surface area contributed by atoms with Gasteiger partial charge in [0.2, 0.25) is 0 Å². The van der Waals surface area contributed by atoms with Crippen LogP contribution in [0.15, 0.2) is 16.6 Å². The third kappa shape index (κ3) is 2.51. The van der Waals surface area contributed by atoms with Crippen LogP contribution < -0.4 is 4.74 Å². The van der Waals surface area contributed by atoms with Gasteiger partial charge in [-0.2, -0.15) is 0 Å². The van der Waals surface area contributed by atoms with E-state index in [0.717, 1.165) is 0 Å². The van der Waals surface area contributed by atoms with Crippen molar-refractivity contribution in [2.24, 2.45) is 0 Å². The second kappa shape index (κ2) is 5.27. The molecule has 0 radical (unpaired) electrons. The van der Waals surface area contributed by atoms with Crippen molar-refractivity contribution in [2.45, 2.75) is 0 Å². The summed E-state index contributed by atoms with van der Waals surface area (Å²) in [5.41, 5.74) is 0.0537. The molecule has 0 atom stereocenters. The van der Waals surface area contributed by atoms with Gasteiger partial charge in [-0.25, -0.2) is 0 Å². The van der Waals surface area contributed by atoms with Crippen molar-refractivity contribution in [3.8, 4) is 5.75 Å². The van der Waals surface area contributed by atoms with Crippen LogP contribution in [0.3, 0.4) is 0 Å². The number of carbonyl (C=O) groups excluding carboxylic acids is 1. The third-order valence-electron chi connectivity index (χ3n) is 1.87. The number of hydrogen-bond acceptors (Lipinski definition) is 4. The maximum Gasteiger partial charge on any atom is 0.274 e. The molecule has 1 aromatic carbocycles. The average Bonchev–Trinajstić information content (AvgIpc) is 2.26. The monoisotopic (exact) mass is 307 g/mol. The molecule has 1 rings (SSSR count). The lowest BCUT2D eigenvalue weighted by atomic mass is 10.1. The van der Waals surface area contributed by atoms with Crippen molar-refractivity contribution in [1.82, 2.24) is 0 Å². The van der Waals surface area contributed by atoms with Crippen LogP contribution in [0.25, 0.3) is 0 Å². The number of halogens is 2. The van der Waals surface area contributed by atoms with Crippen molar-refractivity contribution in [3.63, 3.8) is 0 Å². The lowest BCUT2D eigenvalue weighted by molar-refractivity contribution is -0.385. The number of carbonyl (C=O) groups is 1. The number of hydrogen-bond donors (Lipinski definition) is 0. The second-order valence-corrected chi connectivity index (χ2v) is 3.94. The summed E-state index contributed by atoms with van der Waals surface area (Å²) < 4.78 is 5.22. The Hall–Kier alpha value is -1.14. The van der Waals surface area contributed by atoms with E-state index in [1.807, 2.05) is 0 Å². The largest absolute Gasteiger partial charge is 0.496 e. The van der Waals surface area contributed by atoms with Crippen LogP contribution in [0.1, 0.15) is 10.4 Å². The Labute approximate surface area is 105 Å². The van der Waals surface area contributed by atoms with E-state index in [0.29, 0.717) is 4.47 Å². The Balaban J connectivity index is 3.40. The number of Topliss-reactive ketones (excluding diaryl/α,β-unsaturated/α-hetero) is 1. The maximum absolute atomic E-state index is 11.5. The number of ether oxygens (including phenoxy) is 1. The summed E-state index contributed by atoms with van der Waals surface area (Å²) >= 11 is 8.51. The topological polar surface area (TPSA) is 69.4 Å². The summed E-state index contributed by atoms with van der Waals surface area (Å²) in [6.07, 6.45) is 0. The van der Waals surface area contributed by atoms with Crippen LogP contribution in [-0.4, -0.2) is 23.7 Å². The molecule has 0 fully saturated rings. The number of rotatable bonds is 4. The van der Waals surface area contributed by atoms with E-state index in [-0.39, 0.29) is 28.7 Å². The molecule has 86 valence electrons. The van der Waals surface area contributed by atoms with Gasteiger partial charge >= 0.3 is 0 Å². The number of nitro groups is 1. The highest BCUT2D eigenvalue weighted by Gasteiger charge is 2.20. The Morgan fingerprint density at radius 3 is 2.69 bits per heavy atom. The average molecular weight is 309 g/mol. The summed E-state index contributed by atoms with van der Waals surface area (Å²) in [6.45, 7) is 0. The molecule has 0 aromatic heterocycles. The fourth-order valence-corrected chi connectivity index (χ4v) is 1.96. The fraction of sp³-hybridized carbons (Fsp3) is 0.222. The molecule has 16 heavy (non-hydrogen) atoms. The highest BCUT2D eigenvalue weighted by Crippen LogP contribution is 2.32. The highest BCUT2D eigenvalue weighted by molar-refractivity contribution is 9.10. The molecule has 0 aliphatic heterocycles. The first-order valence-corrected chi connectivity index (χ1v) is 5.45. The van der Waals surface area contributed by atoms with Gasteiger partial charge in [-0.05, 0) is 15.9 Å². The van der Waals surface area contributed by atoms with Crippen LogP contribution in [0.5, 0.6) is 5.75 Å². The Bertz CT molecular complexity index is 449. The number of methoxy groups -OCH3 is 1. The molecule has 0 spiro atoms. The molecule has 0 aliphatic carbocycles. The van der Waals surface area contributed by atoms with Crippen LogP contribution >= 0.6 is 27.5 Å². The smallest absolute Gasteiger partial charge is 0.274 e. The molecule has 0 N–H and O–H groups in total. The molecule has 0 bridgehead atoms. The van der Waals surface area contributed by atoms with Gasteiger partial charge in [0.25, 0.3) is 5.69 Å². The summed E-state index contributed by atoms with van der Waals surface area (Å²) in [6, 6.07) is 2.42. The van der Waals surface area contributed by atoms with E-state index in [2.05, 4.69) is 15.9 Å². The first-order valence-electron chi connectivity index (χ1n) is 4.12. The summed E-state index contributed by atoms with van der Waals surface area (Å²) in [5.74, 6) is -0.445. The van der Waals surface area contributed by atoms with E-state index in [4.69, 9.17) is 16.3 Å². The van der Waals surface area contributed by atoms with E-state index in [1.165, 1.54) is 19.2 Å². The minimum atomic E-state index is -0.567. The summed E-state index contributed by atoms with van der Waals surface area (Å²) in [5, 5.41) is 10.6. The Morgan fingerprint density at radius 1 is 1.62 bits per heavy atom. The minimum Gasteiger partial charge on any atom is -0.496 e. The SMILES string of the molecule is COc1cc([N+](=O)[O-])cc(Br)c1C(=O)CCl. The summed E-state index contributed by atoms with van der Waals surface area (Å²) in [7, 11) is 1.33. The van der Waals surface area contributed by atoms with E-state index < -0.39 is 4.92 Å². The van der Waals surface area contributed by atoms with Gasteiger partial charge in [0, 0.05) is 10.5 Å². The second-order valence-electron chi connectivity index (χ2n) is 2.82.